The van der Waals surface area contributed by atoms with E-state index < -0.39 is 35.3 Å². The third kappa shape index (κ3) is 4.78. The molecule has 10 heteroatoms. The molecule has 0 aliphatic carbocycles. The number of carbonyl (C=O) groups excluding carboxylic acids is 2. The lowest BCUT2D eigenvalue weighted by atomic mass is 9.94. The molecule has 0 unspecified atom stereocenters. The number of rotatable bonds is 3. The van der Waals surface area contributed by atoms with Gasteiger partial charge in [0.25, 0.3) is 11.8 Å². The fourth-order valence-electron chi connectivity index (χ4n) is 6.48. The second kappa shape index (κ2) is 10.3. The second-order valence-electron chi connectivity index (χ2n) is 11.8. The smallest absolute Gasteiger partial charge is 0.308 e. The number of aromatic nitrogens is 1. The van der Waals surface area contributed by atoms with Gasteiger partial charge in [-0.1, -0.05) is 53.6 Å². The van der Waals surface area contributed by atoms with Gasteiger partial charge in [0, 0.05) is 17.8 Å². The average molecular weight is 643 g/mol. The Morgan fingerprint density at radius 1 is 0.553 bits per heavy atom. The lowest BCUT2D eigenvalue weighted by molar-refractivity contribution is -0.137. The number of hydrogen-bond donors (Lipinski definition) is 0. The van der Waals surface area contributed by atoms with Crippen LogP contribution in [0.1, 0.15) is 43.0 Å². The highest BCUT2D eigenvalue weighted by molar-refractivity contribution is 6.23. The van der Waals surface area contributed by atoms with Gasteiger partial charge in [-0.05, 0) is 84.6 Å². The van der Waals surface area contributed by atoms with E-state index in [2.05, 4.69) is 0 Å². The molecule has 47 heavy (non-hydrogen) atoms. The zero-order valence-electron chi connectivity index (χ0n) is 25.1. The van der Waals surface area contributed by atoms with Gasteiger partial charge in [0.2, 0.25) is 0 Å². The number of benzene rings is 5. The molecular weight excluding hydrogens is 618 g/mol. The van der Waals surface area contributed by atoms with E-state index in [1.807, 2.05) is 0 Å². The molecule has 1 aromatic heterocycles. The molecule has 4 nitrogen and oxygen atoms in total. The first-order chi connectivity index (χ1) is 22.1. The number of alkyl halides is 6. The van der Waals surface area contributed by atoms with E-state index in [1.54, 1.807) is 85.1 Å². The normalized spacial score (nSPS) is 13.7. The molecule has 0 saturated heterocycles. The molecule has 0 radical (unpaired) electrons. The first-order valence-corrected chi connectivity index (χ1v) is 14.6. The Morgan fingerprint density at radius 2 is 1.04 bits per heavy atom. The van der Waals surface area contributed by atoms with Crippen molar-refractivity contribution in [1.82, 2.24) is 9.47 Å². The average Bonchev–Trinajstić information content (AvgIpc) is 3.46. The number of halogens is 6. The Hall–Kier alpha value is -5.38. The molecule has 0 atom stereocenters. The summed E-state index contributed by atoms with van der Waals surface area (Å²) in [7, 11) is 1.37. The van der Waals surface area contributed by atoms with Gasteiger partial charge in [0.1, 0.15) is 0 Å². The number of aryl methyl sites for hydroxylation is 2. The van der Waals surface area contributed by atoms with Crippen LogP contribution in [0.2, 0.25) is 0 Å². The summed E-state index contributed by atoms with van der Waals surface area (Å²) in [6, 6.07) is 22.4. The highest BCUT2D eigenvalue weighted by Crippen LogP contribution is 2.44. The predicted octanol–water partition coefficient (Wildman–Crippen LogP) is 10.00. The van der Waals surface area contributed by atoms with E-state index >= 15 is 0 Å². The van der Waals surface area contributed by atoms with E-state index in [-0.39, 0.29) is 33.4 Å². The molecule has 0 bridgehead atoms. The molecule has 0 N–H and O–H groups in total. The van der Waals surface area contributed by atoms with Gasteiger partial charge in [0.05, 0.1) is 39.0 Å². The standard InChI is InChI=1S/C37H24F6N2O2/c1-19-7-11-23(28(15-19)36(38,39)40)21-9-13-30-26(17-21)27-18-22(24-12-8-20(2)16-29(24)37(41,42)43)10-14-31(27)45(30)32-6-4-5-25-33(32)35(47)44(3)34(25)46/h4-18H,1-3H3. The number of imide groups is 1. The maximum Gasteiger partial charge on any atom is 0.417 e. The monoisotopic (exact) mass is 642 g/mol. The molecule has 0 spiro atoms. The second-order valence-corrected chi connectivity index (χ2v) is 11.8. The van der Waals surface area contributed by atoms with Gasteiger partial charge in [-0.2, -0.15) is 26.3 Å². The van der Waals surface area contributed by atoms with Crippen LogP contribution in [0.5, 0.6) is 0 Å². The Kier molecular flexibility index (Phi) is 6.65. The third-order valence-electron chi connectivity index (χ3n) is 8.68. The van der Waals surface area contributed by atoms with Crippen molar-refractivity contribution in [1.29, 1.82) is 0 Å². The quantitative estimate of drug-likeness (QED) is 0.142. The summed E-state index contributed by atoms with van der Waals surface area (Å²) >= 11 is 0. The summed E-state index contributed by atoms with van der Waals surface area (Å²) in [5, 5.41) is 0.910. The Balaban J connectivity index is 1.56. The largest absolute Gasteiger partial charge is 0.417 e. The molecule has 1 aliphatic heterocycles. The summed E-state index contributed by atoms with van der Waals surface area (Å²) in [6.07, 6.45) is -9.28. The van der Waals surface area contributed by atoms with Crippen LogP contribution in [0, 0.1) is 13.8 Å². The van der Waals surface area contributed by atoms with Crippen molar-refractivity contribution >= 4 is 33.6 Å². The van der Waals surface area contributed by atoms with Gasteiger partial charge in [-0.15, -0.1) is 0 Å². The first kappa shape index (κ1) is 30.3. The number of hydrogen-bond acceptors (Lipinski definition) is 2. The van der Waals surface area contributed by atoms with E-state index in [9.17, 15) is 35.9 Å². The summed E-state index contributed by atoms with van der Waals surface area (Å²) < 4.78 is 86.8. The third-order valence-corrected chi connectivity index (χ3v) is 8.68. The van der Waals surface area contributed by atoms with Crippen LogP contribution in [0.15, 0.2) is 91.0 Å². The molecule has 236 valence electrons. The molecule has 1 aliphatic rings. The Labute approximate surface area is 264 Å². The van der Waals surface area contributed by atoms with Gasteiger partial charge in [-0.25, -0.2) is 0 Å². The maximum atomic E-state index is 14.2. The van der Waals surface area contributed by atoms with Crippen molar-refractivity contribution in [3.8, 4) is 27.9 Å². The van der Waals surface area contributed by atoms with Crippen molar-refractivity contribution in [3.63, 3.8) is 0 Å². The predicted molar refractivity (Wildman–Crippen MR) is 168 cm³/mol. The first-order valence-electron chi connectivity index (χ1n) is 14.6. The molecule has 7 rings (SSSR count). The Morgan fingerprint density at radius 3 is 1.51 bits per heavy atom. The van der Waals surface area contributed by atoms with E-state index in [0.29, 0.717) is 38.6 Å². The van der Waals surface area contributed by atoms with Crippen LogP contribution in [0.3, 0.4) is 0 Å². The number of amides is 2. The highest BCUT2D eigenvalue weighted by atomic mass is 19.4. The van der Waals surface area contributed by atoms with Gasteiger partial charge in [0.15, 0.2) is 0 Å². The minimum Gasteiger partial charge on any atom is -0.308 e. The molecule has 0 saturated carbocycles. The number of nitrogens with zero attached hydrogens (tertiary/aromatic N) is 2. The van der Waals surface area contributed by atoms with E-state index in [4.69, 9.17) is 0 Å². The zero-order chi connectivity index (χ0) is 33.6. The summed E-state index contributed by atoms with van der Waals surface area (Å²) in [5.74, 6) is -0.997. The molecule has 2 heterocycles. The lowest BCUT2D eigenvalue weighted by Gasteiger charge is -2.15. The van der Waals surface area contributed by atoms with Crippen molar-refractivity contribution in [2.24, 2.45) is 0 Å². The number of fused-ring (bicyclic) bond motifs is 4. The van der Waals surface area contributed by atoms with Crippen LogP contribution in [0.25, 0.3) is 49.7 Å². The lowest BCUT2D eigenvalue weighted by Crippen LogP contribution is -2.24. The molecule has 6 aromatic rings. The SMILES string of the molecule is Cc1ccc(-c2ccc3c(c2)c2cc(-c4ccc(C)cc4C(F)(F)F)ccc2n3-c2cccc3c2C(=O)N(C)C3=O)c(C(F)(F)F)c1. The van der Waals surface area contributed by atoms with Crippen molar-refractivity contribution < 1.29 is 35.9 Å². The maximum absolute atomic E-state index is 14.2. The van der Waals surface area contributed by atoms with Crippen LogP contribution in [-0.4, -0.2) is 28.3 Å². The van der Waals surface area contributed by atoms with Crippen molar-refractivity contribution in [2.45, 2.75) is 26.2 Å². The molecular formula is C37H24F6N2O2. The fraction of sp³-hybridized carbons (Fsp3) is 0.135. The minimum absolute atomic E-state index is 0.0528. The topological polar surface area (TPSA) is 42.3 Å². The van der Waals surface area contributed by atoms with Gasteiger partial charge < -0.3 is 4.57 Å². The highest BCUT2D eigenvalue weighted by Gasteiger charge is 2.37. The van der Waals surface area contributed by atoms with Crippen molar-refractivity contribution in [2.75, 3.05) is 7.05 Å². The van der Waals surface area contributed by atoms with Crippen LogP contribution < -0.4 is 0 Å². The molecule has 2 amide bonds. The summed E-state index contributed by atoms with van der Waals surface area (Å²) in [6.45, 7) is 3.14. The van der Waals surface area contributed by atoms with E-state index in [0.717, 1.165) is 17.0 Å². The van der Waals surface area contributed by atoms with Crippen molar-refractivity contribution in [3.05, 3.63) is 124 Å². The fourth-order valence-corrected chi connectivity index (χ4v) is 6.48. The molecule has 0 fully saturated rings. The van der Waals surface area contributed by atoms with Crippen LogP contribution in [0.4, 0.5) is 26.3 Å². The molecule has 5 aromatic carbocycles. The number of carbonyl (C=O) groups is 2. The van der Waals surface area contributed by atoms with Gasteiger partial charge >= 0.3 is 12.4 Å². The van der Waals surface area contributed by atoms with Crippen LogP contribution >= 0.6 is 0 Å². The zero-order valence-corrected chi connectivity index (χ0v) is 25.1. The Bertz CT molecular complexity index is 2190. The summed E-state index contributed by atoms with van der Waals surface area (Å²) in [4.78, 5) is 27.1. The van der Waals surface area contributed by atoms with Crippen LogP contribution in [-0.2, 0) is 12.4 Å². The minimum atomic E-state index is -4.64. The summed E-state index contributed by atoms with van der Waals surface area (Å²) in [5.41, 5.74) is 1.34. The van der Waals surface area contributed by atoms with Gasteiger partial charge in [-0.3, -0.25) is 14.5 Å². The van der Waals surface area contributed by atoms with E-state index in [1.165, 1.54) is 19.2 Å².